The standard InChI is InChI=1S/C21H19F2N5O3S.C4H9NO/c1-2-24-32-21(31)26-25-20(30)14-5-3-4-13(8-14)12-28-19(29)7-6-18(27-28)15-9-16(22)11-17(23)10-15;1-3-6-4-2-5-1/h3-11,24H,2,12H2,1H3,(H,25,30)(H,26,31);5H,1-4H2. The van der Waals surface area contributed by atoms with E-state index in [1.165, 1.54) is 12.1 Å². The molecule has 0 radical (unpaired) electrons. The molecule has 2 heterocycles. The van der Waals surface area contributed by atoms with Crippen LogP contribution < -0.4 is 26.4 Å². The van der Waals surface area contributed by atoms with Gasteiger partial charge in [0.15, 0.2) is 0 Å². The number of hydrogen-bond donors (Lipinski definition) is 4. The Morgan fingerprint density at radius 3 is 2.42 bits per heavy atom. The van der Waals surface area contributed by atoms with Gasteiger partial charge in [-0.05, 0) is 35.9 Å². The van der Waals surface area contributed by atoms with Gasteiger partial charge in [-0.15, -0.1) is 0 Å². The molecule has 0 atom stereocenters. The molecule has 202 valence electrons. The summed E-state index contributed by atoms with van der Waals surface area (Å²) in [5, 5.41) is 6.87. The van der Waals surface area contributed by atoms with E-state index in [0.29, 0.717) is 12.1 Å². The fraction of sp³-hybridized carbons (Fsp3) is 0.280. The summed E-state index contributed by atoms with van der Waals surface area (Å²) in [4.78, 5) is 36.1. The second-order valence-corrected chi connectivity index (χ2v) is 8.77. The SMILES string of the molecule is C1COCCN1.CCNSC(=O)NNC(=O)c1cccc(Cn2nc(-c3cc(F)cc(F)c3)ccc2=O)c1. The third-order valence-electron chi connectivity index (χ3n) is 4.98. The zero-order valence-corrected chi connectivity index (χ0v) is 21.4. The van der Waals surface area contributed by atoms with Crippen LogP contribution >= 0.6 is 11.9 Å². The van der Waals surface area contributed by atoms with Gasteiger partial charge in [0.25, 0.3) is 11.5 Å². The molecule has 38 heavy (non-hydrogen) atoms. The zero-order chi connectivity index (χ0) is 27.3. The van der Waals surface area contributed by atoms with Gasteiger partial charge >= 0.3 is 5.24 Å². The maximum Gasteiger partial charge on any atom is 0.312 e. The van der Waals surface area contributed by atoms with Crippen molar-refractivity contribution < 1.29 is 23.1 Å². The second-order valence-electron chi connectivity index (χ2n) is 7.90. The van der Waals surface area contributed by atoms with E-state index in [9.17, 15) is 23.2 Å². The lowest BCUT2D eigenvalue weighted by molar-refractivity contribution is 0.0939. The average Bonchev–Trinajstić information content (AvgIpc) is 2.92. The van der Waals surface area contributed by atoms with E-state index >= 15 is 0 Å². The normalized spacial score (nSPS) is 12.7. The van der Waals surface area contributed by atoms with E-state index in [1.807, 2.05) is 6.92 Å². The summed E-state index contributed by atoms with van der Waals surface area (Å²) in [7, 11) is 0. The monoisotopic (exact) mass is 546 g/mol. The lowest BCUT2D eigenvalue weighted by Gasteiger charge is -2.10. The third-order valence-corrected chi connectivity index (χ3v) is 5.70. The van der Waals surface area contributed by atoms with E-state index in [-0.39, 0.29) is 23.4 Å². The second kappa shape index (κ2) is 14.9. The minimum Gasteiger partial charge on any atom is -0.379 e. The summed E-state index contributed by atoms with van der Waals surface area (Å²) >= 11 is 0.813. The Bertz CT molecular complexity index is 1270. The molecule has 3 aromatic rings. The summed E-state index contributed by atoms with van der Waals surface area (Å²) in [5.41, 5.74) is 5.39. The maximum absolute atomic E-state index is 13.5. The number of halogens is 2. The van der Waals surface area contributed by atoms with Gasteiger partial charge < -0.3 is 10.1 Å². The predicted octanol–water partition coefficient (Wildman–Crippen LogP) is 2.46. The van der Waals surface area contributed by atoms with Crippen LogP contribution in [0, 0.1) is 11.6 Å². The maximum atomic E-state index is 13.5. The van der Waals surface area contributed by atoms with Crippen molar-refractivity contribution in [2.24, 2.45) is 0 Å². The number of carbonyl (C=O) groups is 2. The van der Waals surface area contributed by atoms with E-state index in [4.69, 9.17) is 4.74 Å². The molecule has 4 rings (SSSR count). The summed E-state index contributed by atoms with van der Waals surface area (Å²) < 4.78 is 35.9. The van der Waals surface area contributed by atoms with Crippen LogP contribution in [0.15, 0.2) is 59.4 Å². The third kappa shape index (κ3) is 9.34. The molecule has 1 saturated heterocycles. The molecule has 2 aromatic carbocycles. The molecule has 10 nitrogen and oxygen atoms in total. The minimum atomic E-state index is -0.755. The lowest BCUT2D eigenvalue weighted by Crippen LogP contribution is -2.40. The highest BCUT2D eigenvalue weighted by atomic mass is 32.2. The topological polar surface area (TPSA) is 126 Å². The minimum absolute atomic E-state index is 0.0220. The first-order valence-electron chi connectivity index (χ1n) is 11.8. The van der Waals surface area contributed by atoms with Crippen molar-refractivity contribution in [3.63, 3.8) is 0 Å². The van der Waals surface area contributed by atoms with Crippen LogP contribution in [0.3, 0.4) is 0 Å². The number of carbonyl (C=O) groups excluding carboxylic acids is 2. The predicted molar refractivity (Wildman–Crippen MR) is 140 cm³/mol. The number of rotatable bonds is 6. The number of nitrogens with one attached hydrogen (secondary N) is 4. The molecule has 0 spiro atoms. The highest BCUT2D eigenvalue weighted by molar-refractivity contribution is 8.11. The van der Waals surface area contributed by atoms with Gasteiger partial charge in [0, 0.05) is 54.8 Å². The van der Waals surface area contributed by atoms with Crippen molar-refractivity contribution in [1.82, 2.24) is 30.7 Å². The first kappa shape index (κ1) is 28.9. The number of aromatic nitrogens is 2. The van der Waals surface area contributed by atoms with E-state index < -0.39 is 28.3 Å². The van der Waals surface area contributed by atoms with Crippen molar-refractivity contribution >= 4 is 23.1 Å². The molecular weight excluding hydrogens is 518 g/mol. The summed E-state index contributed by atoms with van der Waals surface area (Å²) in [6.07, 6.45) is 0. The number of nitrogens with zero attached hydrogens (tertiary/aromatic N) is 2. The Hall–Kier alpha value is -3.65. The molecule has 2 amide bonds. The fourth-order valence-corrected chi connectivity index (χ4v) is 3.64. The molecule has 0 saturated carbocycles. The van der Waals surface area contributed by atoms with Gasteiger partial charge in [-0.3, -0.25) is 30.0 Å². The number of amides is 2. The van der Waals surface area contributed by atoms with E-state index in [0.717, 1.165) is 61.1 Å². The van der Waals surface area contributed by atoms with Crippen molar-refractivity contribution in [2.45, 2.75) is 13.5 Å². The van der Waals surface area contributed by atoms with Crippen molar-refractivity contribution in [3.8, 4) is 11.3 Å². The van der Waals surface area contributed by atoms with Crippen LogP contribution in [0.4, 0.5) is 13.6 Å². The quantitative estimate of drug-likeness (QED) is 0.275. The zero-order valence-electron chi connectivity index (χ0n) is 20.6. The lowest BCUT2D eigenvalue weighted by atomic mass is 10.1. The summed E-state index contributed by atoms with van der Waals surface area (Å²) in [6.45, 7) is 6.27. The molecule has 1 aromatic heterocycles. The van der Waals surface area contributed by atoms with Gasteiger partial charge in [0.2, 0.25) is 0 Å². The Morgan fingerprint density at radius 2 is 1.79 bits per heavy atom. The van der Waals surface area contributed by atoms with Crippen LogP contribution in [-0.2, 0) is 11.3 Å². The van der Waals surface area contributed by atoms with Gasteiger partial charge in [-0.2, -0.15) is 5.10 Å². The van der Waals surface area contributed by atoms with Crippen LogP contribution in [-0.4, -0.2) is 53.8 Å². The Labute approximate surface area is 222 Å². The first-order valence-corrected chi connectivity index (χ1v) is 12.6. The van der Waals surface area contributed by atoms with Crippen molar-refractivity contribution in [1.29, 1.82) is 0 Å². The fourth-order valence-electron chi connectivity index (χ4n) is 3.26. The Kier molecular flexibility index (Phi) is 11.4. The molecule has 1 fully saturated rings. The van der Waals surface area contributed by atoms with Gasteiger partial charge in [0.1, 0.15) is 11.6 Å². The number of ether oxygens (including phenoxy) is 1. The molecule has 13 heteroatoms. The Morgan fingerprint density at radius 1 is 1.05 bits per heavy atom. The van der Waals surface area contributed by atoms with E-state index in [1.54, 1.807) is 24.3 Å². The number of hydrazine groups is 1. The average molecular weight is 547 g/mol. The smallest absolute Gasteiger partial charge is 0.312 e. The van der Waals surface area contributed by atoms with E-state index in [2.05, 4.69) is 26.0 Å². The van der Waals surface area contributed by atoms with Gasteiger partial charge in [0.05, 0.1) is 25.5 Å². The number of morpholine rings is 1. The van der Waals surface area contributed by atoms with Crippen LogP contribution in [0.1, 0.15) is 22.8 Å². The molecule has 0 unspecified atom stereocenters. The molecule has 0 aliphatic carbocycles. The number of hydrogen-bond acceptors (Lipinski definition) is 8. The summed E-state index contributed by atoms with van der Waals surface area (Å²) in [5.74, 6) is -2.05. The Balaban J connectivity index is 0.000000585. The number of benzene rings is 2. The van der Waals surface area contributed by atoms with Gasteiger partial charge in [-0.25, -0.2) is 13.5 Å². The van der Waals surface area contributed by atoms with Crippen LogP contribution in [0.25, 0.3) is 11.3 Å². The molecular formula is C25H28F2N6O4S. The molecule has 0 bridgehead atoms. The molecule has 4 N–H and O–H groups in total. The largest absolute Gasteiger partial charge is 0.379 e. The van der Waals surface area contributed by atoms with Gasteiger partial charge in [-0.1, -0.05) is 19.1 Å². The van der Waals surface area contributed by atoms with Crippen molar-refractivity contribution in [3.05, 3.63) is 87.7 Å². The highest BCUT2D eigenvalue weighted by Gasteiger charge is 2.11. The molecule has 1 aliphatic rings. The molecule has 1 aliphatic heterocycles. The van der Waals surface area contributed by atoms with Crippen molar-refractivity contribution in [2.75, 3.05) is 32.8 Å². The summed E-state index contributed by atoms with van der Waals surface area (Å²) in [6, 6.07) is 12.0. The van der Waals surface area contributed by atoms with Crippen LogP contribution in [0.5, 0.6) is 0 Å². The highest BCUT2D eigenvalue weighted by Crippen LogP contribution is 2.18. The first-order chi connectivity index (χ1) is 18.4. The van der Waals surface area contributed by atoms with Crippen LogP contribution in [0.2, 0.25) is 0 Å².